The summed E-state index contributed by atoms with van der Waals surface area (Å²) in [5.74, 6) is 0.876. The molecule has 1 unspecified atom stereocenters. The summed E-state index contributed by atoms with van der Waals surface area (Å²) in [4.78, 5) is 5.15. The number of halogens is 1. The number of hydrogen-bond acceptors (Lipinski definition) is 3. The lowest BCUT2D eigenvalue weighted by atomic mass is 10.2. The monoisotopic (exact) mass is 283 g/mol. The summed E-state index contributed by atoms with van der Waals surface area (Å²) in [5, 5.41) is 1.09. The molecule has 0 bridgehead atoms. The minimum atomic E-state index is 0.0473. The first-order valence-corrected chi connectivity index (χ1v) is 6.06. The Kier molecular flexibility index (Phi) is 3.63. The molecule has 1 heterocycles. The van der Waals surface area contributed by atoms with E-state index in [0.29, 0.717) is 6.61 Å². The average molecular weight is 284 g/mol. The van der Waals surface area contributed by atoms with Crippen LogP contribution >= 0.6 is 15.9 Å². The van der Waals surface area contributed by atoms with Gasteiger partial charge in [0.2, 0.25) is 0 Å². The highest BCUT2D eigenvalue weighted by Gasteiger charge is 2.11. The van der Waals surface area contributed by atoms with Crippen LogP contribution in [0.3, 0.4) is 0 Å². The normalized spacial score (nSPS) is 13.2. The molecule has 0 fully saturated rings. The summed E-state index contributed by atoms with van der Waals surface area (Å²) in [6, 6.07) is 8.03. The zero-order valence-corrected chi connectivity index (χ0v) is 10.9. The fourth-order valence-electron chi connectivity index (χ4n) is 1.51. The lowest BCUT2D eigenvalue weighted by Gasteiger charge is -2.09. The lowest BCUT2D eigenvalue weighted by molar-refractivity contribution is 0.0239. The van der Waals surface area contributed by atoms with Gasteiger partial charge in [0.05, 0.1) is 12.6 Å². The van der Waals surface area contributed by atoms with Gasteiger partial charge in [0.15, 0.2) is 0 Å². The predicted octanol–water partition coefficient (Wildman–Crippen LogP) is 3.80. The molecule has 2 aromatic rings. The topological polar surface area (TPSA) is 34.4 Å². The second kappa shape index (κ2) is 4.99. The number of hydroxylamine groups is 1. The summed E-state index contributed by atoms with van der Waals surface area (Å²) < 4.78 is 6.77. The van der Waals surface area contributed by atoms with Crippen molar-refractivity contribution in [2.45, 2.75) is 19.9 Å². The van der Waals surface area contributed by atoms with Gasteiger partial charge in [0.25, 0.3) is 0 Å². The molecular weight excluding hydrogens is 270 g/mol. The van der Waals surface area contributed by atoms with Crippen LogP contribution in [-0.2, 0) is 4.84 Å². The molecule has 1 aromatic heterocycles. The van der Waals surface area contributed by atoms with Crippen molar-refractivity contribution in [3.8, 4) is 0 Å². The van der Waals surface area contributed by atoms with Gasteiger partial charge in [0.1, 0.15) is 11.3 Å². The second-order valence-corrected chi connectivity index (χ2v) is 4.52. The van der Waals surface area contributed by atoms with Crippen molar-refractivity contribution in [1.29, 1.82) is 0 Å². The van der Waals surface area contributed by atoms with Gasteiger partial charge < -0.3 is 9.25 Å². The van der Waals surface area contributed by atoms with Crippen molar-refractivity contribution in [3.05, 3.63) is 34.5 Å². The van der Waals surface area contributed by atoms with Gasteiger partial charge in [-0.25, -0.2) is 0 Å². The van der Waals surface area contributed by atoms with Gasteiger partial charge in [0, 0.05) is 9.86 Å². The smallest absolute Gasteiger partial charge is 0.134 e. The molecule has 0 saturated heterocycles. The minimum absolute atomic E-state index is 0.0473. The fraction of sp³-hybridized carbons (Fsp3) is 0.333. The molecule has 0 amide bonds. The van der Waals surface area contributed by atoms with E-state index in [9.17, 15) is 0 Å². The zero-order valence-electron chi connectivity index (χ0n) is 9.29. The highest BCUT2D eigenvalue weighted by atomic mass is 79.9. The van der Waals surface area contributed by atoms with Gasteiger partial charge >= 0.3 is 0 Å². The van der Waals surface area contributed by atoms with Crippen LogP contribution in [0.15, 0.2) is 33.2 Å². The Morgan fingerprint density at radius 3 is 3.00 bits per heavy atom. The molecular formula is C12H14BrNO2. The predicted molar refractivity (Wildman–Crippen MR) is 67.1 cm³/mol. The van der Waals surface area contributed by atoms with E-state index in [-0.39, 0.29) is 6.04 Å². The largest absolute Gasteiger partial charge is 0.459 e. The van der Waals surface area contributed by atoms with E-state index in [0.717, 1.165) is 21.2 Å². The molecule has 4 heteroatoms. The van der Waals surface area contributed by atoms with Crippen molar-refractivity contribution in [2.75, 3.05) is 6.61 Å². The van der Waals surface area contributed by atoms with E-state index in [2.05, 4.69) is 21.4 Å². The Bertz CT molecular complexity index is 481. The van der Waals surface area contributed by atoms with Gasteiger partial charge in [-0.15, -0.1) is 0 Å². The van der Waals surface area contributed by atoms with Crippen molar-refractivity contribution >= 4 is 26.9 Å². The Balaban J connectivity index is 2.25. The number of nitrogens with one attached hydrogen (secondary N) is 1. The molecule has 1 aromatic carbocycles. The van der Waals surface area contributed by atoms with Gasteiger partial charge in [-0.2, -0.15) is 5.48 Å². The van der Waals surface area contributed by atoms with Crippen LogP contribution in [0.2, 0.25) is 0 Å². The molecule has 0 aliphatic rings. The highest BCUT2D eigenvalue weighted by Crippen LogP contribution is 2.26. The summed E-state index contributed by atoms with van der Waals surface area (Å²) in [6.45, 7) is 4.58. The number of fused-ring (bicyclic) bond motifs is 1. The Labute approximate surface area is 103 Å². The molecule has 86 valence electrons. The first kappa shape index (κ1) is 11.6. The van der Waals surface area contributed by atoms with Crippen LogP contribution in [0.1, 0.15) is 25.6 Å². The Morgan fingerprint density at radius 1 is 1.44 bits per heavy atom. The maximum Gasteiger partial charge on any atom is 0.134 e. The fourth-order valence-corrected chi connectivity index (χ4v) is 1.89. The third-order valence-corrected chi connectivity index (χ3v) is 2.82. The van der Waals surface area contributed by atoms with E-state index in [4.69, 9.17) is 9.25 Å². The summed E-state index contributed by atoms with van der Waals surface area (Å²) in [5.41, 5.74) is 3.81. The molecule has 0 saturated carbocycles. The molecule has 0 spiro atoms. The van der Waals surface area contributed by atoms with E-state index in [1.54, 1.807) is 0 Å². The van der Waals surface area contributed by atoms with Crippen LogP contribution in [0, 0.1) is 0 Å². The molecule has 0 aliphatic heterocycles. The minimum Gasteiger partial charge on any atom is -0.459 e. The van der Waals surface area contributed by atoms with E-state index in [1.807, 2.05) is 38.1 Å². The first-order chi connectivity index (χ1) is 7.70. The van der Waals surface area contributed by atoms with Crippen LogP contribution in [-0.4, -0.2) is 6.61 Å². The molecule has 0 aliphatic carbocycles. The van der Waals surface area contributed by atoms with Crippen LogP contribution in [0.4, 0.5) is 0 Å². The number of benzene rings is 1. The standard InChI is InChI=1S/C12H14BrNO2/c1-3-15-14-8(2)12-7-9-6-10(13)4-5-11(9)16-12/h4-8,14H,3H2,1-2H3. The molecule has 2 rings (SSSR count). The third-order valence-electron chi connectivity index (χ3n) is 2.33. The van der Waals surface area contributed by atoms with Crippen molar-refractivity contribution in [2.24, 2.45) is 0 Å². The average Bonchev–Trinajstić information content (AvgIpc) is 2.68. The molecule has 1 N–H and O–H groups in total. The maximum atomic E-state index is 5.72. The second-order valence-electron chi connectivity index (χ2n) is 3.60. The van der Waals surface area contributed by atoms with E-state index in [1.165, 1.54) is 0 Å². The van der Waals surface area contributed by atoms with Gasteiger partial charge in [-0.05, 0) is 38.1 Å². The van der Waals surface area contributed by atoms with Crippen molar-refractivity contribution < 1.29 is 9.25 Å². The summed E-state index contributed by atoms with van der Waals surface area (Å²) >= 11 is 3.44. The van der Waals surface area contributed by atoms with Crippen molar-refractivity contribution in [1.82, 2.24) is 5.48 Å². The number of hydrogen-bond donors (Lipinski definition) is 1. The van der Waals surface area contributed by atoms with Crippen molar-refractivity contribution in [3.63, 3.8) is 0 Å². The highest BCUT2D eigenvalue weighted by molar-refractivity contribution is 9.10. The number of rotatable bonds is 4. The molecule has 1 atom stereocenters. The zero-order chi connectivity index (χ0) is 11.5. The van der Waals surface area contributed by atoms with E-state index >= 15 is 0 Å². The first-order valence-electron chi connectivity index (χ1n) is 5.27. The maximum absolute atomic E-state index is 5.72. The third kappa shape index (κ3) is 2.45. The molecule has 0 radical (unpaired) electrons. The van der Waals surface area contributed by atoms with Gasteiger partial charge in [-0.3, -0.25) is 0 Å². The van der Waals surface area contributed by atoms with Crippen LogP contribution in [0.5, 0.6) is 0 Å². The summed E-state index contributed by atoms with van der Waals surface area (Å²) in [6.07, 6.45) is 0. The Morgan fingerprint density at radius 2 is 2.25 bits per heavy atom. The van der Waals surface area contributed by atoms with Crippen LogP contribution < -0.4 is 5.48 Å². The van der Waals surface area contributed by atoms with Gasteiger partial charge in [-0.1, -0.05) is 15.9 Å². The summed E-state index contributed by atoms with van der Waals surface area (Å²) in [7, 11) is 0. The van der Waals surface area contributed by atoms with E-state index < -0.39 is 0 Å². The Hall–Kier alpha value is -0.840. The quantitative estimate of drug-likeness (QED) is 0.867. The van der Waals surface area contributed by atoms with Crippen LogP contribution in [0.25, 0.3) is 11.0 Å². The SMILES string of the molecule is CCONC(C)c1cc2cc(Br)ccc2o1. The number of furan rings is 1. The molecule has 3 nitrogen and oxygen atoms in total. The lowest BCUT2D eigenvalue weighted by Crippen LogP contribution is -2.18. The molecule has 16 heavy (non-hydrogen) atoms.